The Bertz CT molecular complexity index is 755. The van der Waals surface area contributed by atoms with Crippen LogP contribution < -0.4 is 9.88 Å². The van der Waals surface area contributed by atoms with Crippen LogP contribution in [0.15, 0.2) is 48.7 Å². The van der Waals surface area contributed by atoms with E-state index in [1.54, 1.807) is 30.0 Å². The lowest BCUT2D eigenvalue weighted by Gasteiger charge is -2.06. The van der Waals surface area contributed by atoms with E-state index in [0.717, 1.165) is 11.1 Å². The molecule has 0 aliphatic carbocycles. The molecule has 23 heavy (non-hydrogen) atoms. The molecule has 2 rings (SSSR count). The molecule has 0 saturated heterocycles. The van der Waals surface area contributed by atoms with Crippen LogP contribution in [0.3, 0.4) is 0 Å². The van der Waals surface area contributed by atoms with Crippen molar-refractivity contribution in [1.82, 2.24) is 5.32 Å². The first kappa shape index (κ1) is 16.9. The highest BCUT2D eigenvalue weighted by atomic mass is 35.5. The molecule has 0 atom stereocenters. The first-order valence-electron chi connectivity index (χ1n) is 7.19. The molecule has 0 radical (unpaired) electrons. The molecular formula is C18H18ClN2O2+. The van der Waals surface area contributed by atoms with Crippen molar-refractivity contribution in [3.63, 3.8) is 0 Å². The van der Waals surface area contributed by atoms with Crippen LogP contribution in [-0.4, -0.2) is 18.7 Å². The lowest BCUT2D eigenvalue weighted by Crippen LogP contribution is -2.38. The molecule has 1 aromatic carbocycles. The fraction of sp³-hybridized carbons (Fsp3) is 0.167. The maximum Gasteiger partial charge on any atom is 0.275 e. The molecule has 0 bridgehead atoms. The highest BCUT2D eigenvalue weighted by Gasteiger charge is 2.14. The lowest BCUT2D eigenvalue weighted by atomic mass is 10.0. The van der Waals surface area contributed by atoms with Gasteiger partial charge >= 0.3 is 0 Å². The number of hydrogen-bond donors (Lipinski definition) is 1. The number of carbonyl (C=O) groups is 2. The van der Waals surface area contributed by atoms with Gasteiger partial charge in [0.15, 0.2) is 12.0 Å². The van der Waals surface area contributed by atoms with Crippen LogP contribution in [0.25, 0.3) is 11.6 Å². The SMILES string of the molecule is CNC(=O)C(=Cc1ccc(Cl)[n+](CC(C)=O)c1)c1ccccc1. The number of halogens is 1. The van der Waals surface area contributed by atoms with Gasteiger partial charge in [0.1, 0.15) is 0 Å². The largest absolute Gasteiger partial charge is 0.355 e. The van der Waals surface area contributed by atoms with Crippen LogP contribution in [-0.2, 0) is 16.1 Å². The van der Waals surface area contributed by atoms with E-state index in [1.165, 1.54) is 6.92 Å². The van der Waals surface area contributed by atoms with E-state index >= 15 is 0 Å². The average Bonchev–Trinajstić information content (AvgIpc) is 2.55. The van der Waals surface area contributed by atoms with Gasteiger partial charge in [0.2, 0.25) is 6.54 Å². The van der Waals surface area contributed by atoms with Crippen LogP contribution in [0, 0.1) is 0 Å². The van der Waals surface area contributed by atoms with Crippen molar-refractivity contribution in [1.29, 1.82) is 0 Å². The topological polar surface area (TPSA) is 50.1 Å². The van der Waals surface area contributed by atoms with Gasteiger partial charge < -0.3 is 5.32 Å². The Labute approximate surface area is 140 Å². The standard InChI is InChI=1S/C18H17ClN2O2/c1-13(22)11-21-12-14(8-9-17(21)19)10-16(18(23)20-2)15-6-4-3-5-7-15/h3-10,12H,11H2,1-2H3/p+1. The fourth-order valence-corrected chi connectivity index (χ4v) is 2.36. The molecule has 1 N–H and O–H groups in total. The van der Waals surface area contributed by atoms with Crippen molar-refractivity contribution in [2.75, 3.05) is 7.05 Å². The third-order valence-electron chi connectivity index (χ3n) is 3.25. The molecule has 0 saturated carbocycles. The predicted octanol–water partition coefficient (Wildman–Crippen LogP) is 2.50. The molecule has 5 heteroatoms. The molecule has 118 valence electrons. The van der Waals surface area contributed by atoms with Gasteiger partial charge in [-0.05, 0) is 29.3 Å². The summed E-state index contributed by atoms with van der Waals surface area (Å²) >= 11 is 6.09. The summed E-state index contributed by atoms with van der Waals surface area (Å²) in [6.07, 6.45) is 3.54. The van der Waals surface area contributed by atoms with Gasteiger partial charge in [0.05, 0.1) is 0 Å². The fourth-order valence-electron chi connectivity index (χ4n) is 2.19. The quantitative estimate of drug-likeness (QED) is 0.520. The summed E-state index contributed by atoms with van der Waals surface area (Å²) in [5.41, 5.74) is 2.16. The van der Waals surface area contributed by atoms with Crippen molar-refractivity contribution in [3.05, 3.63) is 64.9 Å². The van der Waals surface area contributed by atoms with E-state index in [2.05, 4.69) is 5.32 Å². The van der Waals surface area contributed by atoms with Crippen molar-refractivity contribution in [2.45, 2.75) is 13.5 Å². The van der Waals surface area contributed by atoms with Gasteiger partial charge in [0.25, 0.3) is 11.1 Å². The van der Waals surface area contributed by atoms with Crippen molar-refractivity contribution >= 4 is 34.9 Å². The minimum atomic E-state index is -0.177. The third kappa shape index (κ3) is 4.50. The number of benzene rings is 1. The van der Waals surface area contributed by atoms with E-state index in [0.29, 0.717) is 10.7 Å². The Morgan fingerprint density at radius 2 is 1.87 bits per heavy atom. The monoisotopic (exact) mass is 329 g/mol. The number of aromatic nitrogens is 1. The van der Waals surface area contributed by atoms with E-state index in [9.17, 15) is 9.59 Å². The van der Waals surface area contributed by atoms with Crippen molar-refractivity contribution in [3.8, 4) is 0 Å². The van der Waals surface area contributed by atoms with E-state index < -0.39 is 0 Å². The molecule has 0 fully saturated rings. The number of likely N-dealkylation sites (N-methyl/N-ethyl adjacent to an activating group) is 1. The number of carbonyl (C=O) groups excluding carboxylic acids is 2. The number of amides is 1. The zero-order chi connectivity index (χ0) is 16.8. The smallest absolute Gasteiger partial charge is 0.275 e. The second-order valence-electron chi connectivity index (χ2n) is 5.12. The first-order chi connectivity index (χ1) is 11.0. The minimum absolute atomic E-state index is 0.00705. The summed E-state index contributed by atoms with van der Waals surface area (Å²) < 4.78 is 1.65. The summed E-state index contributed by atoms with van der Waals surface area (Å²) in [7, 11) is 1.59. The molecule has 0 spiro atoms. The Balaban J connectivity index is 2.47. The summed E-state index contributed by atoms with van der Waals surface area (Å²) in [6, 6.07) is 12.9. The number of hydrogen-bond acceptors (Lipinski definition) is 2. The van der Waals surface area contributed by atoms with Crippen LogP contribution in [0.5, 0.6) is 0 Å². The third-order valence-corrected chi connectivity index (χ3v) is 3.60. The normalized spacial score (nSPS) is 11.2. The first-order valence-corrected chi connectivity index (χ1v) is 7.56. The average molecular weight is 330 g/mol. The minimum Gasteiger partial charge on any atom is -0.355 e. The summed E-state index contributed by atoms with van der Waals surface area (Å²) in [5, 5.41) is 3.12. The van der Waals surface area contributed by atoms with Gasteiger partial charge in [-0.15, -0.1) is 0 Å². The maximum atomic E-state index is 12.2. The number of nitrogens with zero attached hydrogens (tertiary/aromatic N) is 1. The van der Waals surface area contributed by atoms with Gasteiger partial charge in [-0.3, -0.25) is 9.59 Å². The predicted molar refractivity (Wildman–Crippen MR) is 90.7 cm³/mol. The van der Waals surface area contributed by atoms with Gasteiger partial charge in [-0.1, -0.05) is 30.3 Å². The number of rotatable bonds is 5. The molecule has 1 heterocycles. The zero-order valence-electron chi connectivity index (χ0n) is 13.0. The van der Waals surface area contributed by atoms with E-state index in [4.69, 9.17) is 11.6 Å². The number of nitrogens with one attached hydrogen (secondary N) is 1. The van der Waals surface area contributed by atoms with E-state index in [-0.39, 0.29) is 18.2 Å². The zero-order valence-corrected chi connectivity index (χ0v) is 13.8. The molecule has 1 amide bonds. The van der Waals surface area contributed by atoms with Crippen molar-refractivity contribution < 1.29 is 14.2 Å². The Morgan fingerprint density at radius 3 is 2.48 bits per heavy atom. The highest BCUT2D eigenvalue weighted by Crippen LogP contribution is 2.18. The van der Waals surface area contributed by atoms with Gasteiger partial charge in [0, 0.05) is 31.2 Å². The van der Waals surface area contributed by atoms with Crippen LogP contribution in [0.1, 0.15) is 18.1 Å². The maximum absolute atomic E-state index is 12.2. The van der Waals surface area contributed by atoms with Crippen LogP contribution in [0.4, 0.5) is 0 Å². The van der Waals surface area contributed by atoms with E-state index in [1.807, 2.05) is 36.4 Å². The molecule has 4 nitrogen and oxygen atoms in total. The molecule has 0 unspecified atom stereocenters. The van der Waals surface area contributed by atoms with Gasteiger partial charge in [-0.25, -0.2) is 0 Å². The molecule has 0 aliphatic heterocycles. The lowest BCUT2D eigenvalue weighted by molar-refractivity contribution is -0.682. The number of pyridine rings is 1. The Morgan fingerprint density at radius 1 is 1.17 bits per heavy atom. The van der Waals surface area contributed by atoms with Crippen LogP contribution in [0.2, 0.25) is 5.15 Å². The number of ketones is 1. The Kier molecular flexibility index (Phi) is 5.66. The number of Topliss-reactive ketones (excluding diaryl/α,β-unsaturated/α-hetero) is 1. The van der Waals surface area contributed by atoms with Crippen molar-refractivity contribution in [2.24, 2.45) is 0 Å². The molecule has 0 aliphatic rings. The Hall–Kier alpha value is -2.46. The highest BCUT2D eigenvalue weighted by molar-refractivity contribution is 6.28. The van der Waals surface area contributed by atoms with Gasteiger partial charge in [-0.2, -0.15) is 4.57 Å². The second kappa shape index (κ2) is 7.70. The second-order valence-corrected chi connectivity index (χ2v) is 5.51. The molecule has 1 aromatic heterocycles. The summed E-state index contributed by atoms with van der Waals surface area (Å²) in [6.45, 7) is 1.70. The van der Waals surface area contributed by atoms with Crippen LogP contribution >= 0.6 is 11.6 Å². The summed E-state index contributed by atoms with van der Waals surface area (Å²) in [5.74, 6) is -0.170. The molecular weight excluding hydrogens is 312 g/mol. The molecule has 2 aromatic rings. The summed E-state index contributed by atoms with van der Waals surface area (Å²) in [4.78, 5) is 23.5.